The van der Waals surface area contributed by atoms with Crippen LogP contribution in [0.3, 0.4) is 0 Å². The molecule has 0 spiro atoms. The molecule has 1 saturated heterocycles. The Bertz CT molecular complexity index is 823. The number of carboxylic acid groups (broad SMARTS) is 1. The van der Waals surface area contributed by atoms with Crippen LogP contribution in [-0.2, 0) is 0 Å². The quantitative estimate of drug-likeness (QED) is 0.865. The lowest BCUT2D eigenvalue weighted by Gasteiger charge is -2.18. The Labute approximate surface area is 143 Å². The summed E-state index contributed by atoms with van der Waals surface area (Å²) in [5.41, 5.74) is 0.904. The third-order valence-corrected chi connectivity index (χ3v) is 4.87. The molecule has 3 heterocycles. The zero-order chi connectivity index (χ0) is 17.6. The average Bonchev–Trinajstić information content (AvgIpc) is 3.31. The van der Waals surface area contributed by atoms with Crippen LogP contribution in [0.15, 0.2) is 30.3 Å². The SMILES string of the molecule is O=C(c1nc2n(n1)[C@H](c1ccccc1)C[C@@H]2F)C1CCCN1C(=O)O. The molecule has 0 radical (unpaired) electrons. The number of fused-ring (bicyclic) bond motifs is 1. The van der Waals surface area contributed by atoms with Crippen LogP contribution >= 0.6 is 0 Å². The first-order valence-corrected chi connectivity index (χ1v) is 8.25. The maximum atomic E-state index is 14.4. The Hall–Kier alpha value is -2.77. The van der Waals surface area contributed by atoms with Gasteiger partial charge in [-0.15, -0.1) is 5.10 Å². The number of rotatable bonds is 3. The minimum atomic E-state index is -1.29. The molecule has 0 aliphatic carbocycles. The summed E-state index contributed by atoms with van der Waals surface area (Å²) in [4.78, 5) is 29.1. The maximum absolute atomic E-state index is 14.4. The van der Waals surface area contributed by atoms with Gasteiger partial charge < -0.3 is 5.11 Å². The van der Waals surface area contributed by atoms with Crippen LogP contribution in [0.2, 0.25) is 0 Å². The van der Waals surface area contributed by atoms with E-state index in [0.717, 1.165) is 10.5 Å². The number of carbonyl (C=O) groups excluding carboxylic acids is 1. The maximum Gasteiger partial charge on any atom is 0.407 e. The number of benzene rings is 1. The summed E-state index contributed by atoms with van der Waals surface area (Å²) < 4.78 is 15.8. The Morgan fingerprint density at radius 3 is 2.72 bits per heavy atom. The molecule has 3 atom stereocenters. The highest BCUT2D eigenvalue weighted by molar-refractivity contribution is 5.98. The number of hydrogen-bond donors (Lipinski definition) is 1. The number of amides is 1. The van der Waals surface area contributed by atoms with Gasteiger partial charge in [-0.05, 0) is 18.4 Å². The smallest absolute Gasteiger partial charge is 0.407 e. The van der Waals surface area contributed by atoms with Crippen molar-refractivity contribution in [2.45, 2.75) is 37.5 Å². The molecule has 0 bridgehead atoms. The van der Waals surface area contributed by atoms with Gasteiger partial charge in [-0.25, -0.2) is 18.9 Å². The van der Waals surface area contributed by atoms with E-state index in [2.05, 4.69) is 10.1 Å². The third kappa shape index (κ3) is 2.57. The first-order valence-electron chi connectivity index (χ1n) is 8.25. The molecule has 2 aliphatic heterocycles. The van der Waals surface area contributed by atoms with E-state index < -0.39 is 24.1 Å². The van der Waals surface area contributed by atoms with Gasteiger partial charge in [-0.2, -0.15) is 0 Å². The van der Waals surface area contributed by atoms with E-state index in [1.54, 1.807) is 0 Å². The molecule has 130 valence electrons. The van der Waals surface area contributed by atoms with E-state index in [4.69, 9.17) is 0 Å². The molecular formula is C17H17FN4O3. The van der Waals surface area contributed by atoms with Crippen molar-refractivity contribution in [3.8, 4) is 0 Å². The van der Waals surface area contributed by atoms with Crippen molar-refractivity contribution in [3.05, 3.63) is 47.5 Å². The number of aromatic nitrogens is 3. The normalized spacial score (nSPS) is 25.2. The number of ketones is 1. The number of alkyl halides is 1. The Morgan fingerprint density at radius 1 is 1.24 bits per heavy atom. The fourth-order valence-electron chi connectivity index (χ4n) is 3.65. The van der Waals surface area contributed by atoms with Crippen LogP contribution in [-0.4, -0.2) is 49.2 Å². The highest BCUT2D eigenvalue weighted by Gasteiger charge is 2.40. The van der Waals surface area contributed by atoms with E-state index >= 15 is 0 Å². The lowest BCUT2D eigenvalue weighted by Crippen LogP contribution is -2.40. The van der Waals surface area contributed by atoms with E-state index in [1.165, 1.54) is 4.68 Å². The van der Waals surface area contributed by atoms with Gasteiger partial charge in [-0.3, -0.25) is 9.69 Å². The molecule has 8 heteroatoms. The summed E-state index contributed by atoms with van der Waals surface area (Å²) >= 11 is 0. The Kier molecular flexibility index (Phi) is 3.74. The van der Waals surface area contributed by atoms with Crippen molar-refractivity contribution < 1.29 is 19.1 Å². The van der Waals surface area contributed by atoms with Gasteiger partial charge in [0.2, 0.25) is 11.6 Å². The highest BCUT2D eigenvalue weighted by atomic mass is 19.1. The molecule has 1 aromatic heterocycles. The number of carbonyl (C=O) groups is 2. The van der Waals surface area contributed by atoms with Gasteiger partial charge in [0.15, 0.2) is 12.0 Å². The zero-order valence-corrected chi connectivity index (χ0v) is 13.4. The van der Waals surface area contributed by atoms with E-state index in [0.29, 0.717) is 19.4 Å². The summed E-state index contributed by atoms with van der Waals surface area (Å²) in [5, 5.41) is 13.4. The molecule has 7 nitrogen and oxygen atoms in total. The standard InChI is InChI=1S/C17H17FN4O3/c18-11-9-13(10-5-2-1-3-6-10)22-16(11)19-15(20-22)14(23)12-7-4-8-21(12)17(24)25/h1-3,5-6,11-13H,4,7-9H2,(H,24,25)/t11-,12?,13-/m0/s1. The summed E-state index contributed by atoms with van der Waals surface area (Å²) in [7, 11) is 0. The molecule has 25 heavy (non-hydrogen) atoms. The first kappa shape index (κ1) is 15.7. The molecule has 2 aromatic rings. The van der Waals surface area contributed by atoms with Gasteiger partial charge in [0.25, 0.3) is 0 Å². The van der Waals surface area contributed by atoms with Crippen molar-refractivity contribution in [3.63, 3.8) is 0 Å². The Morgan fingerprint density at radius 2 is 2.00 bits per heavy atom. The number of nitrogens with zero attached hydrogens (tertiary/aromatic N) is 4. The summed E-state index contributed by atoms with van der Waals surface area (Å²) in [6.07, 6.45) is -1.13. The molecule has 4 rings (SSSR count). The van der Waals surface area contributed by atoms with Crippen molar-refractivity contribution in [2.75, 3.05) is 6.54 Å². The highest BCUT2D eigenvalue weighted by Crippen LogP contribution is 2.39. The molecule has 2 aliphatic rings. The van der Waals surface area contributed by atoms with Crippen molar-refractivity contribution >= 4 is 11.9 Å². The van der Waals surface area contributed by atoms with Gasteiger partial charge in [-0.1, -0.05) is 30.3 Å². The van der Waals surface area contributed by atoms with Crippen LogP contribution in [0.25, 0.3) is 0 Å². The number of hydrogen-bond acceptors (Lipinski definition) is 4. The molecule has 1 N–H and O–H groups in total. The first-order chi connectivity index (χ1) is 12.1. The molecular weight excluding hydrogens is 327 g/mol. The van der Waals surface area contributed by atoms with Gasteiger partial charge in [0.05, 0.1) is 6.04 Å². The lowest BCUT2D eigenvalue weighted by atomic mass is 10.0. The van der Waals surface area contributed by atoms with E-state index in [9.17, 15) is 19.1 Å². The second kappa shape index (κ2) is 5.94. The predicted molar refractivity (Wildman–Crippen MR) is 85.2 cm³/mol. The van der Waals surface area contributed by atoms with E-state index in [1.807, 2.05) is 30.3 Å². The van der Waals surface area contributed by atoms with Crippen LogP contribution in [0.4, 0.5) is 9.18 Å². The van der Waals surface area contributed by atoms with Gasteiger partial charge in [0.1, 0.15) is 6.04 Å². The third-order valence-electron chi connectivity index (χ3n) is 4.87. The molecule has 1 fully saturated rings. The molecule has 1 unspecified atom stereocenters. The second-order valence-corrected chi connectivity index (χ2v) is 6.37. The average molecular weight is 344 g/mol. The van der Waals surface area contributed by atoms with Crippen molar-refractivity contribution in [1.29, 1.82) is 0 Å². The van der Waals surface area contributed by atoms with Crippen LogP contribution in [0.1, 0.15) is 53.5 Å². The van der Waals surface area contributed by atoms with E-state index in [-0.39, 0.29) is 24.1 Å². The minimum absolute atomic E-state index is 0.101. The van der Waals surface area contributed by atoms with Crippen molar-refractivity contribution in [1.82, 2.24) is 19.7 Å². The number of halogens is 1. The predicted octanol–water partition coefficient (Wildman–Crippen LogP) is 2.61. The summed E-state index contributed by atoms with van der Waals surface area (Å²) in [5.74, 6) is -0.422. The van der Waals surface area contributed by atoms with Crippen LogP contribution < -0.4 is 0 Å². The Balaban J connectivity index is 1.65. The number of likely N-dealkylation sites (tertiary alicyclic amines) is 1. The monoisotopic (exact) mass is 344 g/mol. The molecule has 0 saturated carbocycles. The second-order valence-electron chi connectivity index (χ2n) is 6.37. The topological polar surface area (TPSA) is 88.3 Å². The largest absolute Gasteiger partial charge is 0.465 e. The van der Waals surface area contributed by atoms with Crippen molar-refractivity contribution in [2.24, 2.45) is 0 Å². The van der Waals surface area contributed by atoms with Gasteiger partial charge in [0, 0.05) is 13.0 Å². The summed E-state index contributed by atoms with van der Waals surface area (Å²) in [6, 6.07) is 8.30. The fourth-order valence-corrected chi connectivity index (χ4v) is 3.65. The molecule has 1 amide bonds. The lowest BCUT2D eigenvalue weighted by molar-refractivity contribution is 0.0834. The fraction of sp³-hybridized carbons (Fsp3) is 0.412. The minimum Gasteiger partial charge on any atom is -0.465 e. The van der Waals surface area contributed by atoms with Crippen LogP contribution in [0.5, 0.6) is 0 Å². The summed E-state index contributed by atoms with van der Waals surface area (Å²) in [6.45, 7) is 0.317. The van der Waals surface area contributed by atoms with Crippen LogP contribution in [0, 0.1) is 0 Å². The zero-order valence-electron chi connectivity index (χ0n) is 13.4. The molecule has 1 aromatic carbocycles. The number of Topliss-reactive ketones (excluding diaryl/α,β-unsaturated/α-hetero) is 1. The van der Waals surface area contributed by atoms with Gasteiger partial charge >= 0.3 is 6.09 Å².